The Balaban J connectivity index is 1.71. The van der Waals surface area contributed by atoms with Gasteiger partial charge in [0.05, 0.1) is 13.2 Å². The molecule has 6 heteroatoms. The number of aliphatic hydroxyl groups excluding tert-OH is 2. The predicted molar refractivity (Wildman–Crippen MR) is 96.4 cm³/mol. The second-order valence-corrected chi connectivity index (χ2v) is 7.37. The fourth-order valence-corrected chi connectivity index (χ4v) is 4.37. The van der Waals surface area contributed by atoms with Gasteiger partial charge in [-0.3, -0.25) is 0 Å². The van der Waals surface area contributed by atoms with Crippen LogP contribution >= 0.6 is 11.3 Å². The molecule has 134 valence electrons. The molecule has 2 aromatic rings. The van der Waals surface area contributed by atoms with Crippen molar-refractivity contribution >= 4 is 27.4 Å². The third-order valence-corrected chi connectivity index (χ3v) is 5.71. The molecule has 1 aliphatic rings. The number of fused-ring (bicyclic) bond motifs is 1. The minimum atomic E-state index is -1.88. The molecule has 1 unspecified atom stereocenters. The summed E-state index contributed by atoms with van der Waals surface area (Å²) in [6.07, 6.45) is 0.882. The molecular weight excluding hydrogens is 340 g/mol. The maximum absolute atomic E-state index is 11.8. The molecule has 1 aromatic heterocycles. The van der Waals surface area contributed by atoms with E-state index < -0.39 is 23.8 Å². The molecule has 0 radical (unpaired) electrons. The molecule has 0 saturated heterocycles. The van der Waals surface area contributed by atoms with Crippen molar-refractivity contribution in [3.63, 3.8) is 0 Å². The average molecular weight is 362 g/mol. The van der Waals surface area contributed by atoms with Crippen LogP contribution in [0.15, 0.2) is 41.3 Å². The summed E-state index contributed by atoms with van der Waals surface area (Å²) in [5.41, 5.74) is -0.154. The normalized spacial score (nSPS) is 26.5. The fourth-order valence-electron chi connectivity index (χ4n) is 3.38. The van der Waals surface area contributed by atoms with Gasteiger partial charge >= 0.3 is 5.97 Å². The standard InChI is InChI=1S/C19H22O5S/c1-24-18(22)19(23)9-12(17(21)15(20)10-19)5-4-6-13-11-25-16-8-3-2-7-14(13)16/h2-3,7-9,11,15,17,20-21,23H,4-6,10H2,1H3/t15?,17-,19+/m1/s1. The molecule has 0 bridgehead atoms. The van der Waals surface area contributed by atoms with Gasteiger partial charge in [-0.05, 0) is 53.3 Å². The van der Waals surface area contributed by atoms with Crippen molar-refractivity contribution in [1.82, 2.24) is 0 Å². The van der Waals surface area contributed by atoms with Crippen molar-refractivity contribution in [2.45, 2.75) is 43.5 Å². The van der Waals surface area contributed by atoms with Crippen LogP contribution in [0.5, 0.6) is 0 Å². The first kappa shape index (κ1) is 18.1. The van der Waals surface area contributed by atoms with Crippen LogP contribution in [0.3, 0.4) is 0 Å². The van der Waals surface area contributed by atoms with Crippen molar-refractivity contribution in [2.24, 2.45) is 0 Å². The zero-order valence-corrected chi connectivity index (χ0v) is 14.8. The summed E-state index contributed by atoms with van der Waals surface area (Å²) in [6.45, 7) is 0. The Labute approximate surface area is 150 Å². The SMILES string of the molecule is COC(=O)[C@]1(O)C=C(CCCc2csc3ccccc23)[C@@H](O)C(O)C1. The third-order valence-electron chi connectivity index (χ3n) is 4.70. The number of aryl methyl sites for hydroxylation is 1. The van der Waals surface area contributed by atoms with Crippen LogP contribution in [0.2, 0.25) is 0 Å². The van der Waals surface area contributed by atoms with E-state index >= 15 is 0 Å². The lowest BCUT2D eigenvalue weighted by Gasteiger charge is -2.34. The molecule has 0 aliphatic heterocycles. The molecule has 0 fully saturated rings. The van der Waals surface area contributed by atoms with Gasteiger partial charge < -0.3 is 20.1 Å². The number of hydrogen-bond acceptors (Lipinski definition) is 6. The van der Waals surface area contributed by atoms with E-state index in [4.69, 9.17) is 0 Å². The van der Waals surface area contributed by atoms with Gasteiger partial charge in [0.15, 0.2) is 5.60 Å². The van der Waals surface area contributed by atoms with Crippen molar-refractivity contribution in [3.8, 4) is 0 Å². The number of carbonyl (C=O) groups is 1. The highest BCUT2D eigenvalue weighted by atomic mass is 32.1. The van der Waals surface area contributed by atoms with E-state index in [1.807, 2.05) is 12.1 Å². The Hall–Kier alpha value is -1.73. The first-order valence-corrected chi connectivity index (χ1v) is 9.16. The van der Waals surface area contributed by atoms with E-state index in [9.17, 15) is 20.1 Å². The predicted octanol–water partition coefficient (Wildman–Crippen LogP) is 2.18. The van der Waals surface area contributed by atoms with Gasteiger partial charge in [-0.1, -0.05) is 18.2 Å². The Morgan fingerprint density at radius 1 is 1.32 bits per heavy atom. The third kappa shape index (κ3) is 3.62. The number of methoxy groups -OCH3 is 1. The number of esters is 1. The Morgan fingerprint density at radius 3 is 2.84 bits per heavy atom. The number of thiophene rings is 1. The fraction of sp³-hybridized carbons (Fsp3) is 0.421. The van der Waals surface area contributed by atoms with E-state index in [0.29, 0.717) is 12.0 Å². The van der Waals surface area contributed by atoms with Gasteiger partial charge in [-0.25, -0.2) is 4.79 Å². The Bertz CT molecular complexity index is 796. The molecule has 3 rings (SSSR count). The zero-order chi connectivity index (χ0) is 18.0. The van der Waals surface area contributed by atoms with Crippen LogP contribution in [-0.4, -0.2) is 46.2 Å². The number of carbonyl (C=O) groups excluding carboxylic acids is 1. The molecule has 3 atom stereocenters. The molecule has 1 aromatic carbocycles. The van der Waals surface area contributed by atoms with Crippen LogP contribution in [0.4, 0.5) is 0 Å². The minimum Gasteiger partial charge on any atom is -0.467 e. The van der Waals surface area contributed by atoms with Gasteiger partial charge in [-0.2, -0.15) is 0 Å². The molecule has 0 amide bonds. The van der Waals surface area contributed by atoms with Crippen molar-refractivity contribution in [3.05, 3.63) is 46.9 Å². The van der Waals surface area contributed by atoms with Crippen LogP contribution in [-0.2, 0) is 16.0 Å². The van der Waals surface area contributed by atoms with Crippen LogP contribution in [0, 0.1) is 0 Å². The molecule has 0 spiro atoms. The smallest absolute Gasteiger partial charge is 0.342 e. The van der Waals surface area contributed by atoms with Crippen molar-refractivity contribution in [2.75, 3.05) is 7.11 Å². The molecule has 25 heavy (non-hydrogen) atoms. The molecule has 1 heterocycles. The Morgan fingerprint density at radius 2 is 2.08 bits per heavy atom. The van der Waals surface area contributed by atoms with Crippen LogP contribution in [0.25, 0.3) is 10.1 Å². The summed E-state index contributed by atoms with van der Waals surface area (Å²) < 4.78 is 5.85. The van der Waals surface area contributed by atoms with E-state index in [1.165, 1.54) is 28.8 Å². The number of rotatable bonds is 5. The first-order valence-electron chi connectivity index (χ1n) is 8.28. The average Bonchev–Trinajstić information content (AvgIpc) is 3.01. The molecule has 3 N–H and O–H groups in total. The van der Waals surface area contributed by atoms with Gasteiger partial charge in [0.2, 0.25) is 0 Å². The summed E-state index contributed by atoms with van der Waals surface area (Å²) in [7, 11) is 1.19. The molecule has 1 aliphatic carbocycles. The summed E-state index contributed by atoms with van der Waals surface area (Å²) in [6, 6.07) is 8.21. The quantitative estimate of drug-likeness (QED) is 0.561. The molecule has 5 nitrogen and oxygen atoms in total. The van der Waals surface area contributed by atoms with Gasteiger partial charge in [0.1, 0.15) is 6.10 Å². The van der Waals surface area contributed by atoms with Crippen molar-refractivity contribution < 1.29 is 24.9 Å². The summed E-state index contributed by atoms with van der Waals surface area (Å²) >= 11 is 1.70. The van der Waals surface area contributed by atoms with E-state index in [0.717, 1.165) is 12.8 Å². The van der Waals surface area contributed by atoms with Gasteiger partial charge in [0.25, 0.3) is 0 Å². The van der Waals surface area contributed by atoms with Crippen molar-refractivity contribution in [1.29, 1.82) is 0 Å². The lowest BCUT2D eigenvalue weighted by atomic mass is 9.81. The van der Waals surface area contributed by atoms with E-state index in [2.05, 4.69) is 22.2 Å². The van der Waals surface area contributed by atoms with Crippen LogP contribution < -0.4 is 0 Å². The zero-order valence-electron chi connectivity index (χ0n) is 14.0. The van der Waals surface area contributed by atoms with Gasteiger partial charge in [-0.15, -0.1) is 11.3 Å². The number of hydrogen-bond donors (Lipinski definition) is 3. The second-order valence-electron chi connectivity index (χ2n) is 6.46. The monoisotopic (exact) mass is 362 g/mol. The van der Waals surface area contributed by atoms with Gasteiger partial charge in [0, 0.05) is 11.1 Å². The minimum absolute atomic E-state index is 0.264. The number of ether oxygens (including phenoxy) is 1. The highest BCUT2D eigenvalue weighted by Gasteiger charge is 2.44. The van der Waals surface area contributed by atoms with E-state index in [-0.39, 0.29) is 6.42 Å². The van der Waals surface area contributed by atoms with Crippen LogP contribution in [0.1, 0.15) is 24.8 Å². The summed E-state index contributed by atoms with van der Waals surface area (Å²) in [5, 5.41) is 33.9. The molecular formula is C19H22O5S. The first-order chi connectivity index (χ1) is 11.9. The molecule has 0 saturated carbocycles. The number of aliphatic hydroxyl groups is 3. The summed E-state index contributed by atoms with van der Waals surface area (Å²) in [5.74, 6) is -0.820. The lowest BCUT2D eigenvalue weighted by molar-refractivity contribution is -0.162. The lowest BCUT2D eigenvalue weighted by Crippen LogP contribution is -2.48. The van der Waals surface area contributed by atoms with E-state index in [1.54, 1.807) is 11.3 Å². The highest BCUT2D eigenvalue weighted by molar-refractivity contribution is 7.17. The largest absolute Gasteiger partial charge is 0.467 e. The number of benzene rings is 1. The Kier molecular flexibility index (Phi) is 5.24. The maximum Gasteiger partial charge on any atom is 0.342 e. The topological polar surface area (TPSA) is 87.0 Å². The maximum atomic E-state index is 11.8. The summed E-state index contributed by atoms with van der Waals surface area (Å²) in [4.78, 5) is 11.8. The highest BCUT2D eigenvalue weighted by Crippen LogP contribution is 2.32. The second kappa shape index (κ2) is 7.25.